The number of hydrogen-bond donors (Lipinski definition) is 8. The first-order chi connectivity index (χ1) is 22.2. The maximum absolute atomic E-state index is 9.76. The Morgan fingerprint density at radius 1 is 0.208 bits per heavy atom. The van der Waals surface area contributed by atoms with Gasteiger partial charge >= 0.3 is 0 Å². The molecule has 0 amide bonds. The molecule has 0 fully saturated rings. The maximum atomic E-state index is 9.76. The summed E-state index contributed by atoms with van der Waals surface area (Å²) in [5.74, 6) is 0. The van der Waals surface area contributed by atoms with Crippen LogP contribution in [0.5, 0.6) is 0 Å². The van der Waals surface area contributed by atoms with E-state index in [2.05, 4.69) is 0 Å². The zero-order valence-corrected chi connectivity index (χ0v) is 41.1. The van der Waals surface area contributed by atoms with Crippen molar-refractivity contribution in [1.29, 1.82) is 0 Å². The Kier molecular flexibility index (Phi) is 28.0. The smallest absolute Gasteiger partial charge is 0.0613 e. The van der Waals surface area contributed by atoms with E-state index in [0.29, 0.717) is 25.7 Å². The first-order valence-corrected chi connectivity index (χ1v) is 19.6. The summed E-state index contributed by atoms with van der Waals surface area (Å²) in [6.45, 7) is 47.5. The summed E-state index contributed by atoms with van der Waals surface area (Å²) in [5, 5.41) is 78.1. The van der Waals surface area contributed by atoms with E-state index in [9.17, 15) is 40.9 Å². The fraction of sp³-hybridized carbons (Fsp3) is 1.00. The predicted molar refractivity (Wildman–Crippen MR) is 222 cm³/mol. The van der Waals surface area contributed by atoms with Crippen LogP contribution in [0.15, 0.2) is 0 Å². The van der Waals surface area contributed by atoms with Crippen LogP contribution in [-0.2, 0) is 21.7 Å². The molecule has 8 atom stereocenters. The van der Waals surface area contributed by atoms with Crippen molar-refractivity contribution in [2.75, 3.05) is 0 Å². The molecule has 8 N–H and O–H groups in total. The van der Waals surface area contributed by atoms with Crippen LogP contribution in [0.1, 0.15) is 192 Å². The van der Waals surface area contributed by atoms with Gasteiger partial charge in [0, 0.05) is 47.4 Å². The Labute approximate surface area is 345 Å². The number of aliphatic hydroxyl groups is 8. The van der Waals surface area contributed by atoms with Gasteiger partial charge in [-0.1, -0.05) is 166 Å². The van der Waals surface area contributed by atoms with E-state index in [-0.39, 0.29) is 65.0 Å². The van der Waals surface area contributed by atoms with E-state index in [1.165, 1.54) is 0 Å². The zero-order chi connectivity index (χ0) is 43.4. The second-order valence-corrected chi connectivity index (χ2v) is 24.0. The summed E-state index contributed by atoms with van der Waals surface area (Å²) in [7, 11) is 0. The minimum atomic E-state index is -0.443. The molecule has 0 saturated heterocycles. The molecule has 0 bridgehead atoms. The summed E-state index contributed by atoms with van der Waals surface area (Å²) in [4.78, 5) is 0. The van der Waals surface area contributed by atoms with Gasteiger partial charge in [-0.3, -0.25) is 0 Å². The van der Waals surface area contributed by atoms with Gasteiger partial charge in [-0.05, 0) is 43.3 Å². The van der Waals surface area contributed by atoms with E-state index in [1.54, 1.807) is 0 Å². The molecular formula is C44H96O8Ti. The Morgan fingerprint density at radius 2 is 0.264 bits per heavy atom. The van der Waals surface area contributed by atoms with E-state index >= 15 is 0 Å². The molecule has 0 aromatic rings. The van der Waals surface area contributed by atoms with Gasteiger partial charge in [0.1, 0.15) is 0 Å². The fourth-order valence-corrected chi connectivity index (χ4v) is 3.67. The van der Waals surface area contributed by atoms with Crippen molar-refractivity contribution < 1.29 is 62.6 Å². The summed E-state index contributed by atoms with van der Waals surface area (Å²) in [5.41, 5.74) is -1.17. The number of rotatable bonds is 8. The molecular weight excluding hydrogens is 704 g/mol. The summed E-state index contributed by atoms with van der Waals surface area (Å²) in [6, 6.07) is 0. The standard InChI is InChI=1S/4C11H24O2.Ti/c4*1-10(2,3)8(12)7-9(13)11(4,5)6;/h4*8-9,12-13H,7H2,1-6H3;. The van der Waals surface area contributed by atoms with Gasteiger partial charge in [-0.15, -0.1) is 0 Å². The largest absolute Gasteiger partial charge is 0.392 e. The SMILES string of the molecule is CC(C)(C)C(O)CC(O)C(C)(C)C.CC(C)(C)C(O)CC(O)C(C)(C)C.CC(C)(C)C(O)CC(O)C(C)(C)C.CC(C)(C)C(O)CC(O)C(C)(C)C.[Ti]. The Hall–Kier alpha value is 0.394. The third-order valence-corrected chi connectivity index (χ3v) is 9.78. The van der Waals surface area contributed by atoms with Crippen LogP contribution in [0.25, 0.3) is 0 Å². The second-order valence-electron chi connectivity index (χ2n) is 24.0. The van der Waals surface area contributed by atoms with Gasteiger partial charge in [0.2, 0.25) is 0 Å². The fourth-order valence-electron chi connectivity index (χ4n) is 3.67. The molecule has 0 radical (unpaired) electrons. The van der Waals surface area contributed by atoms with E-state index in [1.807, 2.05) is 166 Å². The number of aliphatic hydroxyl groups excluding tert-OH is 8. The average molecular weight is 801 g/mol. The second kappa shape index (κ2) is 23.7. The summed E-state index contributed by atoms with van der Waals surface area (Å²) in [6.07, 6.45) is -1.74. The van der Waals surface area contributed by atoms with Gasteiger partial charge in [0.15, 0.2) is 0 Å². The van der Waals surface area contributed by atoms with Crippen molar-refractivity contribution in [2.24, 2.45) is 43.3 Å². The average Bonchev–Trinajstić information content (AvgIpc) is 2.85. The van der Waals surface area contributed by atoms with E-state index in [0.717, 1.165) is 0 Å². The first-order valence-electron chi connectivity index (χ1n) is 19.6. The maximum Gasteiger partial charge on any atom is 0.0613 e. The van der Waals surface area contributed by atoms with Crippen LogP contribution in [0.3, 0.4) is 0 Å². The molecule has 0 rings (SSSR count). The Bertz CT molecular complexity index is 689. The van der Waals surface area contributed by atoms with Crippen LogP contribution in [0.2, 0.25) is 0 Å². The van der Waals surface area contributed by atoms with Gasteiger partial charge in [-0.2, -0.15) is 0 Å². The Morgan fingerprint density at radius 3 is 0.302 bits per heavy atom. The third-order valence-electron chi connectivity index (χ3n) is 9.78. The molecule has 9 heteroatoms. The van der Waals surface area contributed by atoms with Crippen LogP contribution >= 0.6 is 0 Å². The molecule has 0 heterocycles. The third kappa shape index (κ3) is 32.1. The van der Waals surface area contributed by atoms with Crippen molar-refractivity contribution in [1.82, 2.24) is 0 Å². The Balaban J connectivity index is -0.000000192. The molecule has 0 aliphatic rings. The van der Waals surface area contributed by atoms with Crippen molar-refractivity contribution in [3.63, 3.8) is 0 Å². The van der Waals surface area contributed by atoms with Gasteiger partial charge < -0.3 is 40.9 Å². The summed E-state index contributed by atoms with van der Waals surface area (Å²) < 4.78 is 0. The molecule has 8 nitrogen and oxygen atoms in total. The molecule has 0 saturated carbocycles. The monoisotopic (exact) mass is 801 g/mol. The molecule has 324 valence electrons. The quantitative estimate of drug-likeness (QED) is 0.113. The topological polar surface area (TPSA) is 162 Å². The minimum Gasteiger partial charge on any atom is -0.392 e. The van der Waals surface area contributed by atoms with Gasteiger partial charge in [0.25, 0.3) is 0 Å². The molecule has 0 aliphatic carbocycles. The summed E-state index contributed by atoms with van der Waals surface area (Å²) >= 11 is 0. The van der Waals surface area contributed by atoms with Crippen LogP contribution in [0.4, 0.5) is 0 Å². The molecule has 0 spiro atoms. The predicted octanol–water partition coefficient (Wildman–Crippen LogP) is 8.76. The normalized spacial score (nSPS) is 18.1. The molecule has 0 aliphatic heterocycles. The van der Waals surface area contributed by atoms with E-state index in [4.69, 9.17) is 0 Å². The van der Waals surface area contributed by atoms with Crippen molar-refractivity contribution in [3.05, 3.63) is 0 Å². The van der Waals surface area contributed by atoms with Crippen LogP contribution in [-0.4, -0.2) is 89.7 Å². The van der Waals surface area contributed by atoms with Crippen molar-refractivity contribution in [3.8, 4) is 0 Å². The van der Waals surface area contributed by atoms with Crippen molar-refractivity contribution in [2.45, 2.75) is 241 Å². The van der Waals surface area contributed by atoms with Crippen molar-refractivity contribution >= 4 is 0 Å². The minimum absolute atomic E-state index is 0. The van der Waals surface area contributed by atoms with E-state index < -0.39 is 48.8 Å². The molecule has 8 unspecified atom stereocenters. The number of hydrogen-bond acceptors (Lipinski definition) is 8. The van der Waals surface area contributed by atoms with Gasteiger partial charge in [0.05, 0.1) is 48.8 Å². The van der Waals surface area contributed by atoms with Gasteiger partial charge in [-0.25, -0.2) is 0 Å². The molecule has 53 heavy (non-hydrogen) atoms. The zero-order valence-electron chi connectivity index (χ0n) is 39.5. The van der Waals surface area contributed by atoms with Crippen LogP contribution < -0.4 is 0 Å². The molecule has 0 aromatic carbocycles. The molecule has 0 aromatic heterocycles. The van der Waals surface area contributed by atoms with Crippen LogP contribution in [0, 0.1) is 43.3 Å². The first kappa shape index (κ1) is 62.6.